The van der Waals surface area contributed by atoms with E-state index in [1.54, 1.807) is 17.1 Å². The number of nitrogens with zero attached hydrogens (tertiary/aromatic N) is 8. The summed E-state index contributed by atoms with van der Waals surface area (Å²) in [5.74, 6) is 0.428. The lowest BCUT2D eigenvalue weighted by molar-refractivity contribution is 0.341. The van der Waals surface area contributed by atoms with E-state index in [-0.39, 0.29) is 17.4 Å². The van der Waals surface area contributed by atoms with Crippen LogP contribution in [-0.4, -0.2) is 40.3 Å². The summed E-state index contributed by atoms with van der Waals surface area (Å²) in [6.07, 6.45) is 9.13. The van der Waals surface area contributed by atoms with Crippen LogP contribution in [-0.2, 0) is 0 Å². The van der Waals surface area contributed by atoms with Crippen molar-refractivity contribution in [3.05, 3.63) is 60.1 Å². The zero-order valence-electron chi connectivity index (χ0n) is 18.3. The van der Waals surface area contributed by atoms with Gasteiger partial charge in [0.25, 0.3) is 0 Å². The zero-order chi connectivity index (χ0) is 22.7. The number of hydrogen-bond acceptors (Lipinski definition) is 6. The molecule has 1 saturated carbocycles. The summed E-state index contributed by atoms with van der Waals surface area (Å²) in [5.41, 5.74) is 1.66. The molecule has 4 aromatic rings. The molecule has 0 bridgehead atoms. The van der Waals surface area contributed by atoms with E-state index in [1.165, 1.54) is 24.8 Å². The van der Waals surface area contributed by atoms with Crippen molar-refractivity contribution in [3.8, 4) is 23.0 Å². The molecule has 0 saturated heterocycles. The number of anilines is 1. The van der Waals surface area contributed by atoms with Gasteiger partial charge in [0.15, 0.2) is 23.3 Å². The summed E-state index contributed by atoms with van der Waals surface area (Å²) in [6.45, 7) is 4.05. The average molecular weight is 448 g/mol. The van der Waals surface area contributed by atoms with Gasteiger partial charge in [0.1, 0.15) is 17.8 Å². The molecule has 3 aromatic heterocycles. The van der Waals surface area contributed by atoms with Crippen molar-refractivity contribution in [2.75, 3.05) is 4.90 Å². The highest BCUT2D eigenvalue weighted by molar-refractivity contribution is 5.66. The monoisotopic (exact) mass is 448 g/mol. The number of fused-ring (bicyclic) bond motifs is 3. The van der Waals surface area contributed by atoms with Gasteiger partial charge in [-0.05, 0) is 44.7 Å². The van der Waals surface area contributed by atoms with Gasteiger partial charge in [0, 0.05) is 18.4 Å². The second-order valence-electron chi connectivity index (χ2n) is 8.48. The minimum atomic E-state index is -0.948. The van der Waals surface area contributed by atoms with E-state index in [4.69, 9.17) is 9.97 Å². The van der Waals surface area contributed by atoms with Gasteiger partial charge in [-0.15, -0.1) is 10.2 Å². The fourth-order valence-electron chi connectivity index (χ4n) is 4.83. The Kier molecular flexibility index (Phi) is 4.49. The minimum absolute atomic E-state index is 0.0513. The SMILES string of the molecule is CC[C@@H]1c2nncn2-c2c(C)nc(-n3ccnc3-c3cccc(F)c3F)nc2N1C1CCC1. The second kappa shape index (κ2) is 7.43. The van der Waals surface area contributed by atoms with Crippen molar-refractivity contribution < 1.29 is 8.78 Å². The largest absolute Gasteiger partial charge is 0.341 e. The van der Waals surface area contributed by atoms with E-state index in [1.807, 2.05) is 11.5 Å². The zero-order valence-corrected chi connectivity index (χ0v) is 18.3. The topological polar surface area (TPSA) is 77.5 Å². The first kappa shape index (κ1) is 20.0. The van der Waals surface area contributed by atoms with Crippen molar-refractivity contribution in [2.24, 2.45) is 0 Å². The van der Waals surface area contributed by atoms with E-state index in [0.717, 1.165) is 48.4 Å². The summed E-state index contributed by atoms with van der Waals surface area (Å²) in [6, 6.07) is 4.46. The van der Waals surface area contributed by atoms with Gasteiger partial charge >= 0.3 is 0 Å². The third-order valence-electron chi connectivity index (χ3n) is 6.63. The van der Waals surface area contributed by atoms with Crippen LogP contribution in [0.3, 0.4) is 0 Å². The molecule has 168 valence electrons. The molecule has 1 aromatic carbocycles. The number of rotatable bonds is 4. The standard InChI is InChI=1S/C23H22F2N8/c1-3-17-21-30-27-12-32(21)19-13(2)28-23(29-22(19)33(17)14-6-4-7-14)31-11-10-26-20(31)15-8-5-9-16(24)18(15)25/h5,8-12,14,17H,3-4,6-7H2,1-2H3/t17-/m1/s1. The minimum Gasteiger partial charge on any atom is -0.341 e. The van der Waals surface area contributed by atoms with Crippen molar-refractivity contribution >= 4 is 5.82 Å². The molecule has 0 radical (unpaired) electrons. The summed E-state index contributed by atoms with van der Waals surface area (Å²) in [4.78, 5) is 16.3. The quantitative estimate of drug-likeness (QED) is 0.463. The Morgan fingerprint density at radius 2 is 1.97 bits per heavy atom. The number of aryl methyl sites for hydroxylation is 1. The normalized spacial score (nSPS) is 17.6. The maximum Gasteiger partial charge on any atom is 0.237 e. The lowest BCUT2D eigenvalue weighted by Crippen LogP contribution is -2.46. The smallest absolute Gasteiger partial charge is 0.237 e. The Balaban J connectivity index is 1.56. The Hall–Kier alpha value is -3.69. The Morgan fingerprint density at radius 3 is 2.73 bits per heavy atom. The van der Waals surface area contributed by atoms with Crippen LogP contribution in [0.15, 0.2) is 36.9 Å². The molecule has 0 spiro atoms. The third-order valence-corrected chi connectivity index (χ3v) is 6.63. The van der Waals surface area contributed by atoms with E-state index in [9.17, 15) is 8.78 Å². The van der Waals surface area contributed by atoms with Crippen molar-refractivity contribution in [1.82, 2.24) is 34.3 Å². The van der Waals surface area contributed by atoms with Crippen molar-refractivity contribution in [1.29, 1.82) is 0 Å². The van der Waals surface area contributed by atoms with Crippen LogP contribution in [0.5, 0.6) is 0 Å². The van der Waals surface area contributed by atoms with Crippen LogP contribution >= 0.6 is 0 Å². The molecule has 0 unspecified atom stereocenters. The van der Waals surface area contributed by atoms with Crippen LogP contribution in [0.25, 0.3) is 23.0 Å². The van der Waals surface area contributed by atoms with E-state index >= 15 is 0 Å². The Bertz CT molecular complexity index is 1360. The molecule has 4 heterocycles. The highest BCUT2D eigenvalue weighted by Gasteiger charge is 2.40. The lowest BCUT2D eigenvalue weighted by atomic mass is 9.89. The van der Waals surface area contributed by atoms with Gasteiger partial charge in [0.05, 0.1) is 17.3 Å². The Morgan fingerprint density at radius 1 is 1.12 bits per heavy atom. The number of benzene rings is 1. The first-order valence-corrected chi connectivity index (χ1v) is 11.1. The second-order valence-corrected chi connectivity index (χ2v) is 8.48. The molecular formula is C23H22F2N8. The van der Waals surface area contributed by atoms with Gasteiger partial charge in [-0.25, -0.2) is 18.7 Å². The van der Waals surface area contributed by atoms with E-state index in [0.29, 0.717) is 12.0 Å². The number of aromatic nitrogens is 7. The van der Waals surface area contributed by atoms with E-state index < -0.39 is 11.6 Å². The molecule has 6 rings (SSSR count). The first-order valence-electron chi connectivity index (χ1n) is 11.1. The summed E-state index contributed by atoms with van der Waals surface area (Å²) >= 11 is 0. The van der Waals surface area contributed by atoms with Crippen LogP contribution in [0, 0.1) is 18.6 Å². The summed E-state index contributed by atoms with van der Waals surface area (Å²) in [5, 5.41) is 8.57. The average Bonchev–Trinajstić information content (AvgIpc) is 3.44. The fourth-order valence-corrected chi connectivity index (χ4v) is 4.83. The van der Waals surface area contributed by atoms with Gasteiger partial charge in [-0.1, -0.05) is 13.0 Å². The molecule has 1 atom stereocenters. The van der Waals surface area contributed by atoms with Crippen molar-refractivity contribution in [3.63, 3.8) is 0 Å². The summed E-state index contributed by atoms with van der Waals surface area (Å²) < 4.78 is 32.0. The number of imidazole rings is 1. The van der Waals surface area contributed by atoms with Gasteiger partial charge in [0.2, 0.25) is 5.95 Å². The predicted molar refractivity (Wildman–Crippen MR) is 117 cm³/mol. The predicted octanol–water partition coefficient (Wildman–Crippen LogP) is 4.32. The maximum absolute atomic E-state index is 14.6. The molecule has 0 amide bonds. The van der Waals surface area contributed by atoms with Crippen LogP contribution in [0.2, 0.25) is 0 Å². The molecular weight excluding hydrogens is 426 g/mol. The van der Waals surface area contributed by atoms with Crippen LogP contribution < -0.4 is 4.90 Å². The highest BCUT2D eigenvalue weighted by atomic mass is 19.2. The fraction of sp³-hybridized carbons (Fsp3) is 0.348. The number of halogens is 2. The molecule has 33 heavy (non-hydrogen) atoms. The van der Waals surface area contributed by atoms with Crippen LogP contribution in [0.1, 0.15) is 50.2 Å². The third kappa shape index (κ3) is 2.89. The van der Waals surface area contributed by atoms with Crippen LogP contribution in [0.4, 0.5) is 14.6 Å². The van der Waals surface area contributed by atoms with Gasteiger partial charge < -0.3 is 4.90 Å². The maximum atomic E-state index is 14.6. The van der Waals surface area contributed by atoms with Crippen molar-refractivity contribution in [2.45, 2.75) is 51.6 Å². The molecule has 8 nitrogen and oxygen atoms in total. The molecule has 1 aliphatic carbocycles. The highest BCUT2D eigenvalue weighted by Crippen LogP contribution is 2.44. The molecule has 1 fully saturated rings. The first-order chi connectivity index (χ1) is 16.1. The molecule has 0 N–H and O–H groups in total. The molecule has 10 heteroatoms. The van der Waals surface area contributed by atoms with Gasteiger partial charge in [-0.2, -0.15) is 4.98 Å². The number of hydrogen-bond donors (Lipinski definition) is 0. The molecule has 1 aliphatic heterocycles. The Labute approximate surface area is 189 Å². The van der Waals surface area contributed by atoms with Gasteiger partial charge in [-0.3, -0.25) is 9.13 Å². The summed E-state index contributed by atoms with van der Waals surface area (Å²) in [7, 11) is 0. The molecule has 2 aliphatic rings. The van der Waals surface area contributed by atoms with E-state index in [2.05, 4.69) is 27.0 Å². The lowest BCUT2D eigenvalue weighted by Gasteiger charge is -2.45.